The molecule has 1 aliphatic heterocycles. The van der Waals surface area contributed by atoms with E-state index in [2.05, 4.69) is 27.3 Å². The number of nitrogens with one attached hydrogen (secondary N) is 1. The van der Waals surface area contributed by atoms with Crippen LogP contribution in [0.2, 0.25) is 0 Å². The number of nitrogens with two attached hydrogens (primary N) is 1. The first kappa shape index (κ1) is 21.7. The minimum atomic E-state index is -0.225. The summed E-state index contributed by atoms with van der Waals surface area (Å²) in [5.74, 6) is 2.12. The molecule has 0 aliphatic carbocycles. The van der Waals surface area contributed by atoms with Crippen LogP contribution in [0.3, 0.4) is 0 Å². The number of aryl methyl sites for hydroxylation is 2. The van der Waals surface area contributed by atoms with Crippen molar-refractivity contribution in [3.8, 4) is 0 Å². The number of likely N-dealkylation sites (tertiary alicyclic amines) is 1. The summed E-state index contributed by atoms with van der Waals surface area (Å²) in [4.78, 5) is 17.8. The number of nitrogens with zero attached hydrogens (tertiary/aromatic N) is 3. The average molecular weight is 463 g/mol. The molecule has 0 spiro atoms. The van der Waals surface area contributed by atoms with E-state index in [1.165, 1.54) is 0 Å². The molecule has 0 radical (unpaired) electrons. The highest BCUT2D eigenvalue weighted by atomic mass is 127. The fraction of sp³-hybridized carbons (Fsp3) is 0.706. The van der Waals surface area contributed by atoms with Crippen molar-refractivity contribution < 1.29 is 9.32 Å². The van der Waals surface area contributed by atoms with Crippen molar-refractivity contribution in [1.82, 2.24) is 15.4 Å². The number of guanidine groups is 1. The summed E-state index contributed by atoms with van der Waals surface area (Å²) in [6, 6.07) is 0. The van der Waals surface area contributed by atoms with Crippen molar-refractivity contribution >= 4 is 35.8 Å². The smallest absolute Gasteiger partial charge is 0.217 e. The topological polar surface area (TPSA) is 96.8 Å². The van der Waals surface area contributed by atoms with Gasteiger partial charge in [0.25, 0.3) is 0 Å². The van der Waals surface area contributed by atoms with Crippen molar-refractivity contribution in [3.63, 3.8) is 0 Å². The van der Waals surface area contributed by atoms with Gasteiger partial charge in [-0.05, 0) is 32.6 Å². The first-order valence-corrected chi connectivity index (χ1v) is 8.59. The molecule has 1 aromatic heterocycles. The van der Waals surface area contributed by atoms with Gasteiger partial charge < -0.3 is 20.5 Å². The Bertz CT molecular complexity index is 582. The maximum atomic E-state index is 11.2. The lowest BCUT2D eigenvalue weighted by Gasteiger charge is -2.35. The molecular weight excluding hydrogens is 433 g/mol. The van der Waals surface area contributed by atoms with Gasteiger partial charge in [0.05, 0.1) is 5.69 Å². The van der Waals surface area contributed by atoms with Crippen LogP contribution < -0.4 is 11.1 Å². The Morgan fingerprint density at radius 3 is 2.80 bits per heavy atom. The van der Waals surface area contributed by atoms with E-state index in [0.717, 1.165) is 55.5 Å². The van der Waals surface area contributed by atoms with Crippen LogP contribution in [-0.4, -0.2) is 48.6 Å². The van der Waals surface area contributed by atoms with Crippen molar-refractivity contribution in [2.75, 3.05) is 26.7 Å². The van der Waals surface area contributed by atoms with E-state index in [1.807, 2.05) is 13.8 Å². The van der Waals surface area contributed by atoms with Crippen LogP contribution in [0.25, 0.3) is 0 Å². The molecule has 1 aromatic rings. The Kier molecular flexibility index (Phi) is 8.67. The second kappa shape index (κ2) is 9.98. The molecule has 2 rings (SSSR count). The van der Waals surface area contributed by atoms with E-state index in [1.54, 1.807) is 7.05 Å². The summed E-state index contributed by atoms with van der Waals surface area (Å²) in [5.41, 5.74) is 7.44. The summed E-state index contributed by atoms with van der Waals surface area (Å²) in [6.45, 7) is 8.60. The van der Waals surface area contributed by atoms with Gasteiger partial charge in [-0.15, -0.1) is 24.0 Å². The summed E-state index contributed by atoms with van der Waals surface area (Å²) in [5, 5.41) is 7.47. The fourth-order valence-corrected chi connectivity index (χ4v) is 3.58. The summed E-state index contributed by atoms with van der Waals surface area (Å²) < 4.78 is 5.25. The Balaban J connectivity index is 0.00000312. The average Bonchev–Trinajstić information content (AvgIpc) is 2.86. The molecule has 1 aliphatic rings. The van der Waals surface area contributed by atoms with E-state index in [-0.39, 0.29) is 35.8 Å². The highest BCUT2D eigenvalue weighted by Crippen LogP contribution is 2.23. The molecule has 8 heteroatoms. The molecule has 2 heterocycles. The second-order valence-corrected chi connectivity index (χ2v) is 6.69. The number of amides is 1. The van der Waals surface area contributed by atoms with Crippen molar-refractivity contribution in [2.24, 2.45) is 16.6 Å². The molecule has 1 saturated heterocycles. The van der Waals surface area contributed by atoms with Gasteiger partial charge in [-0.1, -0.05) is 12.1 Å². The lowest BCUT2D eigenvalue weighted by Crippen LogP contribution is -2.47. The molecule has 2 unspecified atom stereocenters. The number of aromatic nitrogens is 1. The highest BCUT2D eigenvalue weighted by molar-refractivity contribution is 14.0. The van der Waals surface area contributed by atoms with Gasteiger partial charge in [-0.2, -0.15) is 0 Å². The van der Waals surface area contributed by atoms with Gasteiger partial charge in [0.2, 0.25) is 5.91 Å². The van der Waals surface area contributed by atoms with Crippen molar-refractivity contribution in [2.45, 2.75) is 46.0 Å². The highest BCUT2D eigenvalue weighted by Gasteiger charge is 2.24. The number of aliphatic imine (C=N–C) groups is 1. The van der Waals surface area contributed by atoms with E-state index < -0.39 is 0 Å². The molecule has 0 aromatic carbocycles. The number of piperidine rings is 1. The van der Waals surface area contributed by atoms with Crippen LogP contribution in [0.4, 0.5) is 0 Å². The first-order valence-electron chi connectivity index (χ1n) is 8.59. The summed E-state index contributed by atoms with van der Waals surface area (Å²) in [6.07, 6.45) is 2.55. The maximum absolute atomic E-state index is 11.2. The zero-order valence-electron chi connectivity index (χ0n) is 15.5. The van der Waals surface area contributed by atoms with Crippen LogP contribution >= 0.6 is 24.0 Å². The van der Waals surface area contributed by atoms with Gasteiger partial charge in [0.15, 0.2) is 5.96 Å². The lowest BCUT2D eigenvalue weighted by atomic mass is 9.94. The van der Waals surface area contributed by atoms with Crippen molar-refractivity contribution in [3.05, 3.63) is 17.0 Å². The Morgan fingerprint density at radius 2 is 2.24 bits per heavy atom. The molecular formula is C17H30IN5O2. The van der Waals surface area contributed by atoms with E-state index in [0.29, 0.717) is 12.3 Å². The minimum Gasteiger partial charge on any atom is -0.370 e. The predicted octanol–water partition coefficient (Wildman–Crippen LogP) is 2.18. The fourth-order valence-electron chi connectivity index (χ4n) is 3.58. The van der Waals surface area contributed by atoms with Crippen LogP contribution in [0.1, 0.15) is 49.1 Å². The summed E-state index contributed by atoms with van der Waals surface area (Å²) >= 11 is 0. The Hall–Kier alpha value is -1.32. The molecule has 1 fully saturated rings. The zero-order chi connectivity index (χ0) is 17.7. The molecule has 142 valence electrons. The van der Waals surface area contributed by atoms with Gasteiger partial charge >= 0.3 is 0 Å². The van der Waals surface area contributed by atoms with Crippen molar-refractivity contribution in [1.29, 1.82) is 0 Å². The van der Waals surface area contributed by atoms with Gasteiger partial charge in [-0.3, -0.25) is 9.79 Å². The van der Waals surface area contributed by atoms with Crippen LogP contribution in [-0.2, 0) is 4.79 Å². The SMILES string of the molecule is CN=C(NCC(C)c1c(C)noc1C)N1CCCC(CC(N)=O)C1.I. The molecule has 1 amide bonds. The summed E-state index contributed by atoms with van der Waals surface area (Å²) in [7, 11) is 1.79. The first-order chi connectivity index (χ1) is 11.4. The minimum absolute atomic E-state index is 0. The molecule has 7 nitrogen and oxygen atoms in total. The van der Waals surface area contributed by atoms with E-state index in [4.69, 9.17) is 10.3 Å². The molecule has 2 atom stereocenters. The number of primary amides is 1. The van der Waals surface area contributed by atoms with Gasteiger partial charge in [-0.25, -0.2) is 0 Å². The Labute approximate surface area is 166 Å². The third-order valence-electron chi connectivity index (χ3n) is 4.67. The monoisotopic (exact) mass is 463 g/mol. The van der Waals surface area contributed by atoms with Crippen LogP contribution in [0.5, 0.6) is 0 Å². The number of hydrogen-bond acceptors (Lipinski definition) is 4. The number of rotatable bonds is 5. The quantitative estimate of drug-likeness (QED) is 0.397. The molecule has 0 saturated carbocycles. The number of carbonyl (C=O) groups excluding carboxylic acids is 1. The predicted molar refractivity (Wildman–Crippen MR) is 109 cm³/mol. The Morgan fingerprint density at radius 1 is 1.52 bits per heavy atom. The molecule has 3 N–H and O–H groups in total. The van der Waals surface area contributed by atoms with Gasteiger partial charge in [0, 0.05) is 44.6 Å². The normalized spacial score (nSPS) is 19.3. The number of halogens is 1. The third kappa shape index (κ3) is 5.86. The zero-order valence-corrected chi connectivity index (χ0v) is 17.9. The van der Waals surface area contributed by atoms with E-state index >= 15 is 0 Å². The second-order valence-electron chi connectivity index (χ2n) is 6.69. The van der Waals surface area contributed by atoms with Gasteiger partial charge in [0.1, 0.15) is 5.76 Å². The number of carbonyl (C=O) groups is 1. The van der Waals surface area contributed by atoms with Crippen LogP contribution in [0, 0.1) is 19.8 Å². The molecule has 25 heavy (non-hydrogen) atoms. The third-order valence-corrected chi connectivity index (χ3v) is 4.67. The molecule has 0 bridgehead atoms. The lowest BCUT2D eigenvalue weighted by molar-refractivity contribution is -0.119. The standard InChI is InChI=1S/C17H29N5O2.HI/c1-11(16-12(2)21-24-13(16)3)9-20-17(19-4)22-7-5-6-14(10-22)8-15(18)23;/h11,14H,5-10H2,1-4H3,(H2,18,23)(H,19,20);1H. The maximum Gasteiger partial charge on any atom is 0.217 e. The largest absolute Gasteiger partial charge is 0.370 e. The number of hydrogen-bond donors (Lipinski definition) is 2. The van der Waals surface area contributed by atoms with Crippen LogP contribution in [0.15, 0.2) is 9.52 Å². The van der Waals surface area contributed by atoms with E-state index in [9.17, 15) is 4.79 Å².